The average molecular weight is 446 g/mol. The van der Waals surface area contributed by atoms with Crippen molar-refractivity contribution in [3.05, 3.63) is 51.1 Å². The van der Waals surface area contributed by atoms with Crippen LogP contribution in [0.1, 0.15) is 19.6 Å². The van der Waals surface area contributed by atoms with Gasteiger partial charge < -0.3 is 13.9 Å². The molecule has 0 atom stereocenters. The Kier molecular flexibility index (Phi) is 6.44. The number of nitro benzene ring substituents is 1. The maximum absolute atomic E-state index is 12.5. The van der Waals surface area contributed by atoms with Gasteiger partial charge in [0, 0.05) is 12.1 Å². The molecule has 1 aromatic heterocycles. The molecule has 3 rings (SSSR count). The number of esters is 1. The molecule has 2 heterocycles. The van der Waals surface area contributed by atoms with Crippen LogP contribution in [0.25, 0.3) is 17.4 Å². The first-order chi connectivity index (χ1) is 14.7. The lowest BCUT2D eigenvalue weighted by atomic mass is 10.1. The lowest BCUT2D eigenvalue weighted by molar-refractivity contribution is -0.384. The number of methoxy groups -OCH3 is 1. The van der Waals surface area contributed by atoms with E-state index in [9.17, 15) is 24.5 Å². The van der Waals surface area contributed by atoms with Crippen LogP contribution in [0, 0.1) is 10.1 Å². The predicted octanol–water partition coefficient (Wildman–Crippen LogP) is 3.85. The average Bonchev–Trinajstić information content (AvgIpc) is 3.27. The normalized spacial score (nSPS) is 15.1. The summed E-state index contributed by atoms with van der Waals surface area (Å²) in [6.07, 6.45) is 1.03. The molecule has 1 aliphatic rings. The van der Waals surface area contributed by atoms with Crippen molar-refractivity contribution in [2.75, 3.05) is 13.7 Å². The zero-order valence-corrected chi connectivity index (χ0v) is 17.6. The van der Waals surface area contributed by atoms with E-state index in [1.807, 2.05) is 0 Å². The smallest absolute Gasteiger partial charge is 0.326 e. The van der Waals surface area contributed by atoms with Gasteiger partial charge in [0.1, 0.15) is 23.8 Å². The molecule has 0 unspecified atom stereocenters. The summed E-state index contributed by atoms with van der Waals surface area (Å²) < 4.78 is 15.9. The number of hydrogen-bond acceptors (Lipinski definition) is 9. The Hall–Kier alpha value is -3.60. The van der Waals surface area contributed by atoms with E-state index in [0.29, 0.717) is 23.1 Å². The molecule has 0 saturated carbocycles. The number of benzene rings is 1. The van der Waals surface area contributed by atoms with Crippen LogP contribution in [-0.4, -0.2) is 46.7 Å². The molecule has 0 spiro atoms. The van der Waals surface area contributed by atoms with E-state index in [-0.39, 0.29) is 28.2 Å². The molecule has 2 aromatic rings. The van der Waals surface area contributed by atoms with E-state index in [1.54, 1.807) is 26.0 Å². The Balaban J connectivity index is 1.81. The molecule has 31 heavy (non-hydrogen) atoms. The van der Waals surface area contributed by atoms with Gasteiger partial charge in [-0.1, -0.05) is 0 Å². The highest BCUT2D eigenvalue weighted by molar-refractivity contribution is 8.18. The van der Waals surface area contributed by atoms with Crippen LogP contribution in [0.5, 0.6) is 5.75 Å². The Morgan fingerprint density at radius 1 is 1.29 bits per heavy atom. The van der Waals surface area contributed by atoms with Crippen LogP contribution < -0.4 is 4.74 Å². The van der Waals surface area contributed by atoms with E-state index < -0.39 is 28.6 Å². The first-order valence-electron chi connectivity index (χ1n) is 9.07. The summed E-state index contributed by atoms with van der Waals surface area (Å²) in [7, 11) is 1.38. The second kappa shape index (κ2) is 9.04. The topological polar surface area (TPSA) is 129 Å². The number of amides is 2. The van der Waals surface area contributed by atoms with Crippen molar-refractivity contribution in [2.45, 2.75) is 20.0 Å². The number of nitrogens with zero attached hydrogens (tertiary/aromatic N) is 2. The fourth-order valence-electron chi connectivity index (χ4n) is 2.77. The maximum Gasteiger partial charge on any atom is 0.326 e. The van der Waals surface area contributed by atoms with Crippen LogP contribution in [-0.2, 0) is 14.3 Å². The Morgan fingerprint density at radius 3 is 2.68 bits per heavy atom. The van der Waals surface area contributed by atoms with Crippen molar-refractivity contribution in [2.24, 2.45) is 0 Å². The molecule has 1 fully saturated rings. The molecular formula is C20H18N2O8S. The van der Waals surface area contributed by atoms with Crippen molar-refractivity contribution in [1.29, 1.82) is 0 Å². The molecule has 0 N–H and O–H groups in total. The van der Waals surface area contributed by atoms with Crippen LogP contribution in [0.2, 0.25) is 0 Å². The number of thioether (sulfide) groups is 1. The summed E-state index contributed by atoms with van der Waals surface area (Å²) in [5, 5.41) is 10.4. The van der Waals surface area contributed by atoms with Crippen LogP contribution in [0.4, 0.5) is 10.5 Å². The molecule has 0 radical (unpaired) electrons. The number of carbonyl (C=O) groups is 3. The van der Waals surface area contributed by atoms with Crippen molar-refractivity contribution in [3.8, 4) is 17.1 Å². The van der Waals surface area contributed by atoms with Gasteiger partial charge in [0.2, 0.25) is 0 Å². The van der Waals surface area contributed by atoms with Gasteiger partial charge in [0.15, 0.2) is 0 Å². The molecule has 2 amide bonds. The zero-order chi connectivity index (χ0) is 22.7. The summed E-state index contributed by atoms with van der Waals surface area (Å²) in [6.45, 7) is 2.86. The third-order valence-corrected chi connectivity index (χ3v) is 5.00. The monoisotopic (exact) mass is 446 g/mol. The molecular weight excluding hydrogens is 428 g/mol. The highest BCUT2D eigenvalue weighted by atomic mass is 32.2. The minimum absolute atomic E-state index is 0.0962. The highest BCUT2D eigenvalue weighted by Crippen LogP contribution is 2.36. The van der Waals surface area contributed by atoms with Crippen LogP contribution in [0.3, 0.4) is 0 Å². The SMILES string of the molecule is COc1cc([N+](=O)[O-])ccc1-c1ccc(/C=C2\SC(=O)N(CC(=O)OC(C)C)C2=O)o1. The lowest BCUT2D eigenvalue weighted by Crippen LogP contribution is -2.35. The number of non-ortho nitro benzene ring substituents is 1. The van der Waals surface area contributed by atoms with Crippen molar-refractivity contribution < 1.29 is 33.2 Å². The molecule has 162 valence electrons. The number of furan rings is 1. The van der Waals surface area contributed by atoms with Gasteiger partial charge in [0.05, 0.1) is 34.7 Å². The molecule has 0 aliphatic carbocycles. The fourth-order valence-corrected chi connectivity index (χ4v) is 3.59. The van der Waals surface area contributed by atoms with Crippen molar-refractivity contribution in [3.63, 3.8) is 0 Å². The first kappa shape index (κ1) is 22.1. The second-order valence-electron chi connectivity index (χ2n) is 6.65. The van der Waals surface area contributed by atoms with Gasteiger partial charge in [-0.15, -0.1) is 0 Å². The Bertz CT molecular complexity index is 1090. The predicted molar refractivity (Wildman–Crippen MR) is 111 cm³/mol. The summed E-state index contributed by atoms with van der Waals surface area (Å²) in [5.74, 6) is -0.409. The van der Waals surface area contributed by atoms with Gasteiger partial charge >= 0.3 is 5.97 Å². The highest BCUT2D eigenvalue weighted by Gasteiger charge is 2.37. The van der Waals surface area contributed by atoms with E-state index in [0.717, 1.165) is 4.90 Å². The second-order valence-corrected chi connectivity index (χ2v) is 7.64. The van der Waals surface area contributed by atoms with E-state index in [2.05, 4.69) is 0 Å². The summed E-state index contributed by atoms with van der Waals surface area (Å²) in [4.78, 5) is 47.7. The van der Waals surface area contributed by atoms with E-state index in [4.69, 9.17) is 13.9 Å². The number of hydrogen-bond donors (Lipinski definition) is 0. The minimum Gasteiger partial charge on any atom is -0.496 e. The number of nitro groups is 1. The largest absolute Gasteiger partial charge is 0.496 e. The summed E-state index contributed by atoms with van der Waals surface area (Å²) >= 11 is 0.686. The molecule has 11 heteroatoms. The third-order valence-electron chi connectivity index (χ3n) is 4.09. The van der Waals surface area contributed by atoms with Crippen molar-refractivity contribution in [1.82, 2.24) is 4.90 Å². The van der Waals surface area contributed by atoms with Gasteiger partial charge in [-0.25, -0.2) is 0 Å². The Labute approximate surface area is 180 Å². The molecule has 1 saturated heterocycles. The molecule has 0 bridgehead atoms. The molecule has 1 aliphatic heterocycles. The number of rotatable bonds is 7. The van der Waals surface area contributed by atoms with Gasteiger partial charge in [0.25, 0.3) is 16.8 Å². The number of ether oxygens (including phenoxy) is 2. The van der Waals surface area contributed by atoms with Crippen LogP contribution in [0.15, 0.2) is 39.7 Å². The van der Waals surface area contributed by atoms with Gasteiger partial charge in [-0.2, -0.15) is 0 Å². The standard InChI is InChI=1S/C20H18N2O8S/c1-11(2)29-18(23)10-21-19(24)17(31-20(21)25)9-13-5-7-15(30-13)14-6-4-12(22(26)27)8-16(14)28-3/h4-9,11H,10H2,1-3H3/b17-9-. The summed E-state index contributed by atoms with van der Waals surface area (Å²) in [6, 6.07) is 7.28. The number of imide groups is 1. The Morgan fingerprint density at radius 2 is 2.03 bits per heavy atom. The molecule has 10 nitrogen and oxygen atoms in total. The minimum atomic E-state index is -0.677. The quantitative estimate of drug-likeness (QED) is 0.269. The van der Waals surface area contributed by atoms with E-state index >= 15 is 0 Å². The molecule has 1 aromatic carbocycles. The lowest BCUT2D eigenvalue weighted by Gasteiger charge is -2.13. The van der Waals surface area contributed by atoms with E-state index in [1.165, 1.54) is 31.4 Å². The summed E-state index contributed by atoms with van der Waals surface area (Å²) in [5.41, 5.74) is 0.356. The third kappa shape index (κ3) is 4.94. The fraction of sp³-hybridized carbons (Fsp3) is 0.250. The maximum atomic E-state index is 12.5. The zero-order valence-electron chi connectivity index (χ0n) is 16.8. The van der Waals surface area contributed by atoms with Crippen molar-refractivity contribution >= 4 is 40.6 Å². The first-order valence-corrected chi connectivity index (χ1v) is 9.88. The van der Waals surface area contributed by atoms with Crippen LogP contribution >= 0.6 is 11.8 Å². The van der Waals surface area contributed by atoms with Gasteiger partial charge in [-0.05, 0) is 43.8 Å². The van der Waals surface area contributed by atoms with Gasteiger partial charge in [-0.3, -0.25) is 29.4 Å². The number of carbonyl (C=O) groups excluding carboxylic acids is 3.